The third-order valence-corrected chi connectivity index (χ3v) is 4.57. The van der Waals surface area contributed by atoms with Gasteiger partial charge in [-0.2, -0.15) is 12.6 Å². The van der Waals surface area contributed by atoms with Crippen molar-refractivity contribution in [3.05, 3.63) is 30.1 Å². The molecule has 5 nitrogen and oxygen atoms in total. The maximum absolute atomic E-state index is 13.2. The minimum Gasteiger partial charge on any atom is -0.473 e. The number of aromatic nitrogens is 1. The van der Waals surface area contributed by atoms with Crippen LogP contribution in [0.15, 0.2) is 29.5 Å². The molecule has 2 heterocycles. The standard InChI is InChI=1S/C16H22FN3O2S/c1-3-20(8-6-13(23)11(2)17)16(21)14-15(22-10-19-14)12-5-4-7-18-9-12/h4-5,7,9-11,13-15,23H,3,6,8H2,1-2H3/t11-,13+,14+,15-/m1/s1. The number of halogens is 1. The number of carbonyl (C=O) groups excluding carboxylic acids is 1. The van der Waals surface area contributed by atoms with Gasteiger partial charge in [0.15, 0.2) is 18.5 Å². The van der Waals surface area contributed by atoms with Gasteiger partial charge in [-0.25, -0.2) is 9.38 Å². The Morgan fingerprint density at radius 2 is 2.35 bits per heavy atom. The van der Waals surface area contributed by atoms with Crippen LogP contribution in [0.5, 0.6) is 0 Å². The number of alkyl halides is 1. The molecule has 4 atom stereocenters. The number of pyridine rings is 1. The summed E-state index contributed by atoms with van der Waals surface area (Å²) in [4.78, 5) is 22.6. The van der Waals surface area contributed by atoms with E-state index in [0.29, 0.717) is 19.5 Å². The lowest BCUT2D eigenvalue weighted by molar-refractivity contribution is -0.134. The summed E-state index contributed by atoms with van der Waals surface area (Å²) in [6.45, 7) is 4.35. The molecule has 1 aromatic heterocycles. The van der Waals surface area contributed by atoms with E-state index in [9.17, 15) is 9.18 Å². The summed E-state index contributed by atoms with van der Waals surface area (Å²) in [6.07, 6.45) is 3.68. The quantitative estimate of drug-likeness (QED) is 0.777. The number of aliphatic imine (C=N–C) groups is 1. The Bertz CT molecular complexity index is 541. The second kappa shape index (κ2) is 8.29. The lowest BCUT2D eigenvalue weighted by Gasteiger charge is -2.26. The highest BCUT2D eigenvalue weighted by Gasteiger charge is 2.36. The van der Waals surface area contributed by atoms with Crippen molar-refractivity contribution in [2.45, 2.75) is 43.8 Å². The molecule has 0 N–H and O–H groups in total. The average Bonchev–Trinajstić information content (AvgIpc) is 3.05. The number of thiol groups is 1. The lowest BCUT2D eigenvalue weighted by Crippen LogP contribution is -2.41. The number of ether oxygens (including phenoxy) is 1. The highest BCUT2D eigenvalue weighted by atomic mass is 32.1. The first-order chi connectivity index (χ1) is 11.0. The molecule has 2 rings (SSSR count). The Balaban J connectivity index is 2.03. The number of carbonyl (C=O) groups is 1. The molecule has 0 aliphatic carbocycles. The smallest absolute Gasteiger partial charge is 0.251 e. The summed E-state index contributed by atoms with van der Waals surface area (Å²) < 4.78 is 18.7. The third-order valence-electron chi connectivity index (χ3n) is 3.90. The van der Waals surface area contributed by atoms with Gasteiger partial charge in [-0.1, -0.05) is 6.07 Å². The molecular formula is C16H22FN3O2S. The van der Waals surface area contributed by atoms with Crippen LogP contribution in [0.2, 0.25) is 0 Å². The Labute approximate surface area is 141 Å². The molecule has 23 heavy (non-hydrogen) atoms. The third kappa shape index (κ3) is 4.43. The maximum atomic E-state index is 13.2. The number of hydrogen-bond acceptors (Lipinski definition) is 5. The summed E-state index contributed by atoms with van der Waals surface area (Å²) in [6, 6.07) is 3.03. The summed E-state index contributed by atoms with van der Waals surface area (Å²) in [5, 5.41) is -0.380. The normalized spacial score (nSPS) is 22.4. The van der Waals surface area contributed by atoms with Crippen LogP contribution in [0.4, 0.5) is 4.39 Å². The molecule has 0 unspecified atom stereocenters. The first-order valence-electron chi connectivity index (χ1n) is 7.72. The van der Waals surface area contributed by atoms with E-state index in [1.807, 2.05) is 13.0 Å². The predicted octanol–water partition coefficient (Wildman–Crippen LogP) is 2.44. The average molecular weight is 339 g/mol. The van der Waals surface area contributed by atoms with Gasteiger partial charge in [0.05, 0.1) is 0 Å². The van der Waals surface area contributed by atoms with E-state index in [4.69, 9.17) is 4.74 Å². The van der Waals surface area contributed by atoms with E-state index >= 15 is 0 Å². The Morgan fingerprint density at radius 1 is 1.57 bits per heavy atom. The molecule has 1 aliphatic rings. The van der Waals surface area contributed by atoms with E-state index in [1.165, 1.54) is 13.3 Å². The van der Waals surface area contributed by atoms with Crippen molar-refractivity contribution < 1.29 is 13.9 Å². The van der Waals surface area contributed by atoms with E-state index in [1.54, 1.807) is 23.4 Å². The number of rotatable bonds is 7. The topological polar surface area (TPSA) is 54.8 Å². The molecule has 0 saturated carbocycles. The molecule has 0 spiro atoms. The SMILES string of the molecule is CCN(CC[C@H](S)[C@@H](C)F)C(=O)[C@H]1N=CO[C@@H]1c1cccnc1. The minimum atomic E-state index is -1.01. The number of likely N-dealkylation sites (N-methyl/N-ethyl adjacent to an activating group) is 1. The molecule has 0 bridgehead atoms. The van der Waals surface area contributed by atoms with Crippen molar-refractivity contribution in [1.29, 1.82) is 0 Å². The van der Waals surface area contributed by atoms with Gasteiger partial charge in [-0.05, 0) is 26.3 Å². The van der Waals surface area contributed by atoms with Crippen molar-refractivity contribution in [1.82, 2.24) is 9.88 Å². The van der Waals surface area contributed by atoms with E-state index in [0.717, 1.165) is 5.56 Å². The van der Waals surface area contributed by atoms with Gasteiger partial charge in [-0.3, -0.25) is 9.78 Å². The molecule has 1 amide bonds. The Hall–Kier alpha value is -1.63. The molecular weight excluding hydrogens is 317 g/mol. The lowest BCUT2D eigenvalue weighted by atomic mass is 10.0. The summed E-state index contributed by atoms with van der Waals surface area (Å²) >= 11 is 4.22. The first-order valence-corrected chi connectivity index (χ1v) is 8.24. The predicted molar refractivity (Wildman–Crippen MR) is 90.6 cm³/mol. The van der Waals surface area contributed by atoms with Crippen LogP contribution in [0, 0.1) is 0 Å². The van der Waals surface area contributed by atoms with Crippen LogP contribution in [0.25, 0.3) is 0 Å². The van der Waals surface area contributed by atoms with Gasteiger partial charge in [0.25, 0.3) is 5.91 Å². The van der Waals surface area contributed by atoms with Crippen molar-refractivity contribution >= 4 is 24.9 Å². The molecule has 0 radical (unpaired) electrons. The van der Waals surface area contributed by atoms with Crippen LogP contribution in [0.1, 0.15) is 31.9 Å². The fourth-order valence-electron chi connectivity index (χ4n) is 2.45. The summed E-state index contributed by atoms with van der Waals surface area (Å²) in [5.74, 6) is -0.123. The zero-order valence-electron chi connectivity index (χ0n) is 13.3. The molecule has 1 aromatic rings. The van der Waals surface area contributed by atoms with Crippen molar-refractivity contribution in [2.75, 3.05) is 13.1 Å². The van der Waals surface area contributed by atoms with Gasteiger partial charge >= 0.3 is 0 Å². The Kier molecular flexibility index (Phi) is 6.38. The molecule has 126 valence electrons. The second-order valence-electron chi connectivity index (χ2n) is 5.49. The van der Waals surface area contributed by atoms with Crippen LogP contribution in [0.3, 0.4) is 0 Å². The van der Waals surface area contributed by atoms with Crippen LogP contribution in [-0.4, -0.2) is 52.7 Å². The van der Waals surface area contributed by atoms with Gasteiger partial charge in [0, 0.05) is 36.3 Å². The van der Waals surface area contributed by atoms with Crippen LogP contribution in [-0.2, 0) is 9.53 Å². The van der Waals surface area contributed by atoms with E-state index < -0.39 is 18.3 Å². The van der Waals surface area contributed by atoms with Gasteiger partial charge in [0.2, 0.25) is 0 Å². The summed E-state index contributed by atoms with van der Waals surface area (Å²) in [7, 11) is 0. The molecule has 7 heteroatoms. The highest BCUT2D eigenvalue weighted by Crippen LogP contribution is 2.27. The van der Waals surface area contributed by atoms with Gasteiger partial charge in [-0.15, -0.1) is 0 Å². The molecule has 0 fully saturated rings. The maximum Gasteiger partial charge on any atom is 0.251 e. The fraction of sp³-hybridized carbons (Fsp3) is 0.562. The van der Waals surface area contributed by atoms with Gasteiger partial charge in [0.1, 0.15) is 6.17 Å². The van der Waals surface area contributed by atoms with Crippen molar-refractivity contribution in [3.63, 3.8) is 0 Å². The molecule has 1 aliphatic heterocycles. The molecule has 0 saturated heterocycles. The monoisotopic (exact) mass is 339 g/mol. The number of amides is 1. The minimum absolute atomic E-state index is 0.123. The van der Waals surface area contributed by atoms with E-state index in [2.05, 4.69) is 22.6 Å². The zero-order chi connectivity index (χ0) is 16.8. The largest absolute Gasteiger partial charge is 0.473 e. The highest BCUT2D eigenvalue weighted by molar-refractivity contribution is 7.81. The first kappa shape index (κ1) is 17.7. The van der Waals surface area contributed by atoms with Crippen LogP contribution < -0.4 is 0 Å². The van der Waals surface area contributed by atoms with Crippen LogP contribution >= 0.6 is 12.6 Å². The summed E-state index contributed by atoms with van der Waals surface area (Å²) in [5.41, 5.74) is 0.809. The number of hydrogen-bond donors (Lipinski definition) is 1. The molecule has 0 aromatic carbocycles. The second-order valence-corrected chi connectivity index (χ2v) is 6.16. The van der Waals surface area contributed by atoms with Crippen molar-refractivity contribution in [2.24, 2.45) is 4.99 Å². The zero-order valence-corrected chi connectivity index (χ0v) is 14.2. The fourth-order valence-corrected chi connectivity index (χ4v) is 2.56. The Morgan fingerprint density at radius 3 is 2.96 bits per heavy atom. The van der Waals surface area contributed by atoms with E-state index in [-0.39, 0.29) is 11.2 Å². The number of nitrogens with zero attached hydrogens (tertiary/aromatic N) is 3. The van der Waals surface area contributed by atoms with Crippen molar-refractivity contribution in [3.8, 4) is 0 Å². The van der Waals surface area contributed by atoms with Gasteiger partial charge < -0.3 is 9.64 Å².